The van der Waals surface area contributed by atoms with Crippen molar-refractivity contribution in [2.45, 2.75) is 18.0 Å². The first-order valence-electron chi connectivity index (χ1n) is 13.8. The standard InChI is InChI=1S/C30H27F4N7O3S/c31-21-8-6-20(7-9-21)26-36-22(27(42)37-23(28(43)44)18-45-17-19-4-2-1-3-5-19)16-25(39-26)40-12-14-41(15-13-40)29-35-11-10-24(38-29)30(32,33)34/h1-11,16,23H,12-15,17-18H2,(H,37,42)(H,43,44). The van der Waals surface area contributed by atoms with Crippen LogP contribution in [0.5, 0.6) is 0 Å². The van der Waals surface area contributed by atoms with E-state index in [-0.39, 0.29) is 36.3 Å². The van der Waals surface area contributed by atoms with Crippen molar-refractivity contribution in [2.75, 3.05) is 41.7 Å². The lowest BCUT2D eigenvalue weighted by Crippen LogP contribution is -2.47. The minimum Gasteiger partial charge on any atom is -0.480 e. The number of thioether (sulfide) groups is 1. The number of nitrogens with one attached hydrogen (secondary N) is 1. The van der Waals surface area contributed by atoms with Crippen LogP contribution in [0, 0.1) is 5.82 Å². The van der Waals surface area contributed by atoms with Gasteiger partial charge in [-0.15, -0.1) is 0 Å². The fourth-order valence-electron chi connectivity index (χ4n) is 4.51. The molecule has 2 aromatic heterocycles. The average Bonchev–Trinajstić information content (AvgIpc) is 3.04. The minimum atomic E-state index is -4.60. The highest BCUT2D eigenvalue weighted by molar-refractivity contribution is 7.98. The number of nitrogens with zero attached hydrogens (tertiary/aromatic N) is 6. The predicted octanol–water partition coefficient (Wildman–Crippen LogP) is 4.53. The number of benzene rings is 2. The van der Waals surface area contributed by atoms with Crippen molar-refractivity contribution >= 4 is 35.4 Å². The largest absolute Gasteiger partial charge is 0.480 e. The van der Waals surface area contributed by atoms with Crippen LogP contribution in [0.15, 0.2) is 72.9 Å². The van der Waals surface area contributed by atoms with Gasteiger partial charge in [0.25, 0.3) is 5.91 Å². The maximum Gasteiger partial charge on any atom is 0.433 e. The number of aliphatic carboxylic acids is 1. The van der Waals surface area contributed by atoms with E-state index in [2.05, 4.69) is 25.3 Å². The summed E-state index contributed by atoms with van der Waals surface area (Å²) in [6, 6.07) is 15.9. The highest BCUT2D eigenvalue weighted by atomic mass is 32.2. The normalized spacial score (nSPS) is 14.2. The van der Waals surface area contributed by atoms with Crippen LogP contribution in [-0.4, -0.2) is 74.9 Å². The third-order valence-corrected chi connectivity index (χ3v) is 7.97. The summed E-state index contributed by atoms with van der Waals surface area (Å²) in [7, 11) is 0. The van der Waals surface area contributed by atoms with E-state index in [0.717, 1.165) is 17.8 Å². The summed E-state index contributed by atoms with van der Waals surface area (Å²) < 4.78 is 53.1. The van der Waals surface area contributed by atoms with Crippen LogP contribution in [0.25, 0.3) is 11.4 Å². The number of carboxylic acid groups (broad SMARTS) is 1. The summed E-state index contributed by atoms with van der Waals surface area (Å²) in [6.07, 6.45) is -3.54. The van der Waals surface area contributed by atoms with E-state index in [1.54, 1.807) is 4.90 Å². The Bertz CT molecular complexity index is 1640. The summed E-state index contributed by atoms with van der Waals surface area (Å²) in [5.74, 6) is -1.34. The number of aromatic nitrogens is 4. The van der Waals surface area contributed by atoms with Crippen molar-refractivity contribution in [2.24, 2.45) is 0 Å². The fraction of sp³-hybridized carbons (Fsp3) is 0.267. The van der Waals surface area contributed by atoms with Gasteiger partial charge in [-0.1, -0.05) is 30.3 Å². The summed E-state index contributed by atoms with van der Waals surface area (Å²) in [6.45, 7) is 1.12. The smallest absolute Gasteiger partial charge is 0.433 e. The molecule has 1 amide bonds. The first kappa shape index (κ1) is 31.6. The third-order valence-electron chi connectivity index (χ3n) is 6.87. The van der Waals surface area contributed by atoms with E-state index in [0.29, 0.717) is 30.2 Å². The van der Waals surface area contributed by atoms with Crippen molar-refractivity contribution < 1.29 is 32.3 Å². The molecule has 1 fully saturated rings. The van der Waals surface area contributed by atoms with Crippen molar-refractivity contribution in [3.63, 3.8) is 0 Å². The van der Waals surface area contributed by atoms with Crippen molar-refractivity contribution in [1.82, 2.24) is 25.3 Å². The molecule has 1 aliphatic heterocycles. The Labute approximate surface area is 259 Å². The van der Waals surface area contributed by atoms with Crippen LogP contribution >= 0.6 is 11.8 Å². The topological polar surface area (TPSA) is 124 Å². The Morgan fingerprint density at radius 1 is 0.933 bits per heavy atom. The molecule has 10 nitrogen and oxygen atoms in total. The van der Waals surface area contributed by atoms with Gasteiger partial charge in [-0.3, -0.25) is 4.79 Å². The van der Waals surface area contributed by atoms with Gasteiger partial charge in [0.15, 0.2) is 5.82 Å². The lowest BCUT2D eigenvalue weighted by Gasteiger charge is -2.35. The molecule has 0 saturated carbocycles. The molecule has 2 aromatic carbocycles. The van der Waals surface area contributed by atoms with Crippen molar-refractivity contribution in [1.29, 1.82) is 0 Å². The zero-order chi connectivity index (χ0) is 32.0. The molecular weight excluding hydrogens is 614 g/mol. The molecule has 234 valence electrons. The number of amides is 1. The van der Waals surface area contributed by atoms with Crippen molar-refractivity contribution in [3.05, 3.63) is 95.7 Å². The molecule has 5 rings (SSSR count). The van der Waals surface area contributed by atoms with Crippen LogP contribution in [0.4, 0.5) is 29.3 Å². The number of halogens is 4. The van der Waals surface area contributed by atoms with Crippen molar-refractivity contribution in [3.8, 4) is 11.4 Å². The number of rotatable bonds is 10. The van der Waals surface area contributed by atoms with Gasteiger partial charge in [0.2, 0.25) is 5.95 Å². The highest BCUT2D eigenvalue weighted by Crippen LogP contribution is 2.29. The summed E-state index contributed by atoms with van der Waals surface area (Å²) >= 11 is 1.36. The first-order valence-corrected chi connectivity index (χ1v) is 14.9. The molecule has 0 radical (unpaired) electrons. The van der Waals surface area contributed by atoms with E-state index in [9.17, 15) is 32.3 Å². The fourth-order valence-corrected chi connectivity index (χ4v) is 5.52. The molecular formula is C30H27F4N7O3S. The van der Waals surface area contributed by atoms with Gasteiger partial charge in [-0.25, -0.2) is 29.1 Å². The Morgan fingerprint density at radius 2 is 1.62 bits per heavy atom. The van der Waals surface area contributed by atoms with Crippen LogP contribution in [0.1, 0.15) is 21.7 Å². The van der Waals surface area contributed by atoms with Gasteiger partial charge in [-0.05, 0) is 35.9 Å². The summed E-state index contributed by atoms with van der Waals surface area (Å²) in [5.41, 5.74) is 0.310. The third kappa shape index (κ3) is 8.23. The maximum absolute atomic E-state index is 13.6. The molecule has 15 heteroatoms. The van der Waals surface area contributed by atoms with Crippen LogP contribution in [-0.2, 0) is 16.7 Å². The average molecular weight is 642 g/mol. The number of carbonyl (C=O) groups is 2. The van der Waals surface area contributed by atoms with Gasteiger partial charge in [0, 0.05) is 55.5 Å². The number of piperazine rings is 1. The van der Waals surface area contributed by atoms with Crippen LogP contribution < -0.4 is 15.1 Å². The molecule has 0 aliphatic carbocycles. The highest BCUT2D eigenvalue weighted by Gasteiger charge is 2.34. The number of carboxylic acids is 1. The van der Waals surface area contributed by atoms with Gasteiger partial charge in [0.1, 0.15) is 29.1 Å². The Hall–Kier alpha value is -4.79. The number of hydrogen-bond donors (Lipinski definition) is 2. The van der Waals surface area contributed by atoms with Gasteiger partial charge in [-0.2, -0.15) is 24.9 Å². The van der Waals surface area contributed by atoms with Crippen LogP contribution in [0.3, 0.4) is 0 Å². The first-order chi connectivity index (χ1) is 21.6. The second kappa shape index (κ2) is 13.9. The SMILES string of the molecule is O=C(NC(CSCc1ccccc1)C(=O)O)c1cc(N2CCN(c3nccc(C(F)(F)F)n3)CC2)nc(-c2ccc(F)cc2)n1. The molecule has 1 atom stereocenters. The van der Waals surface area contributed by atoms with Gasteiger partial charge >= 0.3 is 12.1 Å². The van der Waals surface area contributed by atoms with E-state index in [1.807, 2.05) is 35.2 Å². The molecule has 1 unspecified atom stereocenters. The van der Waals surface area contributed by atoms with Gasteiger partial charge in [0.05, 0.1) is 0 Å². The number of anilines is 2. The predicted molar refractivity (Wildman–Crippen MR) is 160 cm³/mol. The molecule has 2 N–H and O–H groups in total. The Morgan fingerprint density at radius 3 is 2.29 bits per heavy atom. The second-order valence-corrected chi connectivity index (χ2v) is 11.1. The molecule has 0 spiro atoms. The monoisotopic (exact) mass is 641 g/mol. The van der Waals surface area contributed by atoms with E-state index >= 15 is 0 Å². The minimum absolute atomic E-state index is 0.0518. The summed E-state index contributed by atoms with van der Waals surface area (Å²) in [4.78, 5) is 45.3. The number of hydrogen-bond acceptors (Lipinski definition) is 9. The molecule has 0 bridgehead atoms. The lowest BCUT2D eigenvalue weighted by molar-refractivity contribution is -0.141. The lowest BCUT2D eigenvalue weighted by atomic mass is 10.2. The quantitative estimate of drug-likeness (QED) is 0.239. The molecule has 45 heavy (non-hydrogen) atoms. The van der Waals surface area contributed by atoms with E-state index in [4.69, 9.17) is 0 Å². The number of carbonyl (C=O) groups excluding carboxylic acids is 1. The van der Waals surface area contributed by atoms with Gasteiger partial charge < -0.3 is 20.2 Å². The Kier molecular flexibility index (Phi) is 9.76. The number of alkyl halides is 3. The zero-order valence-corrected chi connectivity index (χ0v) is 24.4. The van der Waals surface area contributed by atoms with E-state index in [1.165, 1.54) is 42.1 Å². The zero-order valence-electron chi connectivity index (χ0n) is 23.6. The summed E-state index contributed by atoms with van der Waals surface area (Å²) in [5, 5.41) is 12.3. The van der Waals surface area contributed by atoms with Crippen LogP contribution in [0.2, 0.25) is 0 Å². The van der Waals surface area contributed by atoms with E-state index < -0.39 is 35.6 Å². The maximum atomic E-state index is 13.6. The molecule has 1 saturated heterocycles. The molecule has 4 aromatic rings. The second-order valence-electron chi connectivity index (χ2n) is 10.0. The molecule has 3 heterocycles. The molecule has 1 aliphatic rings. The Balaban J connectivity index is 1.34.